The Balaban J connectivity index is 0.00000338. The molecule has 0 bridgehead atoms. The zero-order valence-corrected chi connectivity index (χ0v) is 16.6. The van der Waals surface area contributed by atoms with Gasteiger partial charge in [-0.2, -0.15) is 0 Å². The Bertz CT molecular complexity index is 586. The number of amides is 2. The molecule has 2 rings (SSSR count). The summed E-state index contributed by atoms with van der Waals surface area (Å²) < 4.78 is 5.35. The van der Waals surface area contributed by atoms with Crippen LogP contribution in [0.1, 0.15) is 35.7 Å². The second-order valence-electron chi connectivity index (χ2n) is 6.72. The molecule has 1 fully saturated rings. The summed E-state index contributed by atoms with van der Waals surface area (Å²) in [6, 6.07) is 6.92. The van der Waals surface area contributed by atoms with E-state index in [1.807, 2.05) is 19.1 Å². The largest absolute Gasteiger partial charge is 0.381 e. The standard InChI is InChI=1S/C19H29N3O3.ClH/c1-4-22(19(24)17(20)15-9-11-25-12-10-15)13-14-5-7-16(8-6-14)18(23)21(2)3;/h5-8,15,17H,4,9-13,20H2,1-3H3;1H. The number of benzene rings is 1. The second kappa shape index (κ2) is 10.5. The molecule has 6 nitrogen and oxygen atoms in total. The topological polar surface area (TPSA) is 75.9 Å². The molecule has 0 aliphatic carbocycles. The van der Waals surface area contributed by atoms with Crippen LogP contribution in [0, 0.1) is 5.92 Å². The fourth-order valence-electron chi connectivity index (χ4n) is 3.06. The molecule has 26 heavy (non-hydrogen) atoms. The van der Waals surface area contributed by atoms with Crippen molar-refractivity contribution >= 4 is 24.2 Å². The van der Waals surface area contributed by atoms with E-state index in [9.17, 15) is 9.59 Å². The summed E-state index contributed by atoms with van der Waals surface area (Å²) in [6.45, 7) is 4.42. The van der Waals surface area contributed by atoms with E-state index in [1.165, 1.54) is 0 Å². The monoisotopic (exact) mass is 383 g/mol. The van der Waals surface area contributed by atoms with Gasteiger partial charge in [-0.15, -0.1) is 12.4 Å². The van der Waals surface area contributed by atoms with E-state index >= 15 is 0 Å². The van der Waals surface area contributed by atoms with Crippen LogP contribution in [0.2, 0.25) is 0 Å². The van der Waals surface area contributed by atoms with Crippen LogP contribution >= 0.6 is 12.4 Å². The summed E-state index contributed by atoms with van der Waals surface area (Å²) in [5, 5.41) is 0. The molecular formula is C19H30ClN3O3. The van der Waals surface area contributed by atoms with Gasteiger partial charge in [-0.3, -0.25) is 9.59 Å². The first-order valence-electron chi connectivity index (χ1n) is 8.86. The number of likely N-dealkylation sites (N-methyl/N-ethyl adjacent to an activating group) is 1. The Labute approximate surface area is 162 Å². The Morgan fingerprint density at radius 2 is 1.77 bits per heavy atom. The predicted molar refractivity (Wildman–Crippen MR) is 104 cm³/mol. The zero-order chi connectivity index (χ0) is 18.4. The number of hydrogen-bond donors (Lipinski definition) is 1. The Morgan fingerprint density at radius 3 is 2.27 bits per heavy atom. The summed E-state index contributed by atoms with van der Waals surface area (Å²) in [6.07, 6.45) is 1.68. The molecule has 1 aliphatic heterocycles. The summed E-state index contributed by atoms with van der Waals surface area (Å²) in [5.41, 5.74) is 7.85. The molecule has 0 aromatic heterocycles. The first kappa shape index (κ1) is 22.4. The van der Waals surface area contributed by atoms with Gasteiger partial charge in [-0.25, -0.2) is 0 Å². The molecule has 146 valence electrons. The van der Waals surface area contributed by atoms with Crippen molar-refractivity contribution in [2.75, 3.05) is 33.9 Å². The van der Waals surface area contributed by atoms with Gasteiger partial charge in [0.05, 0.1) is 6.04 Å². The van der Waals surface area contributed by atoms with Gasteiger partial charge in [0.25, 0.3) is 5.91 Å². The Morgan fingerprint density at radius 1 is 1.19 bits per heavy atom. The number of nitrogens with two attached hydrogens (primary N) is 1. The number of hydrogen-bond acceptors (Lipinski definition) is 4. The van der Waals surface area contributed by atoms with Crippen LogP contribution in [0.25, 0.3) is 0 Å². The minimum absolute atomic E-state index is 0. The van der Waals surface area contributed by atoms with Crippen LogP contribution in [0.3, 0.4) is 0 Å². The number of ether oxygens (including phenoxy) is 1. The highest BCUT2D eigenvalue weighted by atomic mass is 35.5. The second-order valence-corrected chi connectivity index (χ2v) is 6.72. The van der Waals surface area contributed by atoms with Gasteiger partial charge in [0, 0.05) is 46.0 Å². The Kier molecular flexibility index (Phi) is 9.05. The molecule has 1 aliphatic rings. The first-order valence-corrected chi connectivity index (χ1v) is 8.86. The van der Waals surface area contributed by atoms with Crippen LogP contribution < -0.4 is 5.73 Å². The molecule has 1 heterocycles. The van der Waals surface area contributed by atoms with Gasteiger partial charge in [0.15, 0.2) is 0 Å². The van der Waals surface area contributed by atoms with Crippen LogP contribution in [0.4, 0.5) is 0 Å². The number of rotatable bonds is 6. The molecule has 1 saturated heterocycles. The van der Waals surface area contributed by atoms with E-state index < -0.39 is 6.04 Å². The third-order valence-corrected chi connectivity index (χ3v) is 4.73. The van der Waals surface area contributed by atoms with Crippen molar-refractivity contribution in [1.82, 2.24) is 9.80 Å². The van der Waals surface area contributed by atoms with E-state index in [0.717, 1.165) is 18.4 Å². The van der Waals surface area contributed by atoms with E-state index in [1.54, 1.807) is 36.0 Å². The lowest BCUT2D eigenvalue weighted by atomic mass is 9.91. The maximum Gasteiger partial charge on any atom is 0.253 e. The van der Waals surface area contributed by atoms with Crippen molar-refractivity contribution in [2.24, 2.45) is 11.7 Å². The van der Waals surface area contributed by atoms with Crippen LogP contribution in [-0.4, -0.2) is 61.5 Å². The molecule has 1 atom stereocenters. The van der Waals surface area contributed by atoms with Crippen molar-refractivity contribution < 1.29 is 14.3 Å². The summed E-state index contributed by atoms with van der Waals surface area (Å²) in [7, 11) is 3.46. The minimum atomic E-state index is -0.474. The third kappa shape index (κ3) is 5.69. The molecule has 2 N–H and O–H groups in total. The molecule has 0 saturated carbocycles. The van der Waals surface area contributed by atoms with Gasteiger partial charge in [-0.05, 0) is 43.4 Å². The normalized spacial score (nSPS) is 15.7. The highest BCUT2D eigenvalue weighted by Gasteiger charge is 2.29. The number of nitrogens with zero attached hydrogens (tertiary/aromatic N) is 2. The highest BCUT2D eigenvalue weighted by Crippen LogP contribution is 2.20. The molecule has 1 aromatic carbocycles. The van der Waals surface area contributed by atoms with Crippen LogP contribution in [-0.2, 0) is 16.1 Å². The van der Waals surface area contributed by atoms with E-state index in [2.05, 4.69) is 0 Å². The molecular weight excluding hydrogens is 354 g/mol. The molecule has 1 unspecified atom stereocenters. The first-order chi connectivity index (χ1) is 11.9. The fraction of sp³-hybridized carbons (Fsp3) is 0.579. The minimum Gasteiger partial charge on any atom is -0.381 e. The van der Waals surface area contributed by atoms with Crippen molar-refractivity contribution in [3.05, 3.63) is 35.4 Å². The Hall–Kier alpha value is -1.63. The van der Waals surface area contributed by atoms with E-state index in [-0.39, 0.29) is 30.1 Å². The number of halogens is 1. The van der Waals surface area contributed by atoms with Crippen molar-refractivity contribution in [3.63, 3.8) is 0 Å². The van der Waals surface area contributed by atoms with Crippen molar-refractivity contribution in [3.8, 4) is 0 Å². The van der Waals surface area contributed by atoms with Crippen molar-refractivity contribution in [1.29, 1.82) is 0 Å². The average molecular weight is 384 g/mol. The number of carbonyl (C=O) groups is 2. The maximum atomic E-state index is 12.7. The summed E-state index contributed by atoms with van der Waals surface area (Å²) >= 11 is 0. The average Bonchev–Trinajstić information content (AvgIpc) is 2.65. The van der Waals surface area contributed by atoms with Gasteiger partial charge in [0.2, 0.25) is 5.91 Å². The van der Waals surface area contributed by atoms with Crippen LogP contribution in [0.15, 0.2) is 24.3 Å². The molecule has 1 aromatic rings. The van der Waals surface area contributed by atoms with Gasteiger partial charge < -0.3 is 20.3 Å². The van der Waals surface area contributed by atoms with Crippen LogP contribution in [0.5, 0.6) is 0 Å². The number of carbonyl (C=O) groups excluding carboxylic acids is 2. The molecule has 7 heteroatoms. The maximum absolute atomic E-state index is 12.7. The van der Waals surface area contributed by atoms with Gasteiger partial charge >= 0.3 is 0 Å². The lowest BCUT2D eigenvalue weighted by molar-refractivity contribution is -0.135. The molecule has 0 radical (unpaired) electrons. The fourth-order valence-corrected chi connectivity index (χ4v) is 3.06. The molecule has 0 spiro atoms. The van der Waals surface area contributed by atoms with Crippen molar-refractivity contribution in [2.45, 2.75) is 32.4 Å². The lowest BCUT2D eigenvalue weighted by Crippen LogP contribution is -2.48. The SMILES string of the molecule is CCN(Cc1ccc(C(=O)N(C)C)cc1)C(=O)C(N)C1CCOCC1.Cl. The zero-order valence-electron chi connectivity index (χ0n) is 15.8. The third-order valence-electron chi connectivity index (χ3n) is 4.73. The van der Waals surface area contributed by atoms with E-state index in [4.69, 9.17) is 10.5 Å². The summed E-state index contributed by atoms with van der Waals surface area (Å²) in [5.74, 6) is 0.148. The van der Waals surface area contributed by atoms with Gasteiger partial charge in [0.1, 0.15) is 0 Å². The van der Waals surface area contributed by atoms with Gasteiger partial charge in [-0.1, -0.05) is 12.1 Å². The summed E-state index contributed by atoms with van der Waals surface area (Å²) in [4.78, 5) is 28.0. The lowest BCUT2D eigenvalue weighted by Gasteiger charge is -2.31. The highest BCUT2D eigenvalue weighted by molar-refractivity contribution is 5.93. The quantitative estimate of drug-likeness (QED) is 0.814. The smallest absolute Gasteiger partial charge is 0.253 e. The van der Waals surface area contributed by atoms with E-state index in [0.29, 0.717) is 31.9 Å². The predicted octanol–water partition coefficient (Wildman–Crippen LogP) is 1.91. The molecule has 2 amide bonds.